The summed E-state index contributed by atoms with van der Waals surface area (Å²) < 4.78 is 4.16. The number of carbonyl (C=O) groups is 1. The summed E-state index contributed by atoms with van der Waals surface area (Å²) in [7, 11) is 0. The molecule has 3 aromatic rings. The first-order chi connectivity index (χ1) is 14.6. The summed E-state index contributed by atoms with van der Waals surface area (Å²) in [5.41, 5.74) is 3.39. The minimum absolute atomic E-state index is 0.0237. The van der Waals surface area contributed by atoms with E-state index in [2.05, 4.69) is 50.3 Å². The molecule has 0 radical (unpaired) electrons. The monoisotopic (exact) mass is 424 g/mol. The molecule has 1 aliphatic carbocycles. The van der Waals surface area contributed by atoms with Crippen molar-refractivity contribution in [2.45, 2.75) is 57.3 Å². The van der Waals surface area contributed by atoms with Gasteiger partial charge < -0.3 is 9.88 Å². The zero-order chi connectivity index (χ0) is 20.9. The van der Waals surface area contributed by atoms with Crippen LogP contribution >= 0.6 is 11.8 Å². The lowest BCUT2D eigenvalue weighted by Gasteiger charge is -2.10. The van der Waals surface area contributed by atoms with Gasteiger partial charge in [-0.05, 0) is 44.7 Å². The number of hydrogen-bond acceptors (Lipinski definition) is 5. The second kappa shape index (κ2) is 9.47. The summed E-state index contributed by atoms with van der Waals surface area (Å²) in [6.07, 6.45) is 3.20. The van der Waals surface area contributed by atoms with Crippen LogP contribution in [0.2, 0.25) is 0 Å². The Balaban J connectivity index is 1.28. The van der Waals surface area contributed by atoms with Crippen LogP contribution in [-0.2, 0) is 17.9 Å². The zero-order valence-electron chi connectivity index (χ0n) is 17.5. The second-order valence-corrected chi connectivity index (χ2v) is 8.77. The summed E-state index contributed by atoms with van der Waals surface area (Å²) in [5.74, 6) is 1.93. The third-order valence-electron chi connectivity index (χ3n) is 5.18. The molecule has 0 aliphatic heterocycles. The van der Waals surface area contributed by atoms with E-state index in [9.17, 15) is 4.79 Å². The van der Waals surface area contributed by atoms with Gasteiger partial charge >= 0.3 is 0 Å². The molecule has 0 spiro atoms. The molecule has 30 heavy (non-hydrogen) atoms. The highest BCUT2D eigenvalue weighted by Crippen LogP contribution is 2.40. The van der Waals surface area contributed by atoms with Gasteiger partial charge in [-0.15, -0.1) is 10.2 Å². The van der Waals surface area contributed by atoms with Gasteiger partial charge in [-0.2, -0.15) is 5.10 Å². The van der Waals surface area contributed by atoms with Gasteiger partial charge in [-0.1, -0.05) is 42.1 Å². The lowest BCUT2D eigenvalue weighted by molar-refractivity contribution is -0.118. The van der Waals surface area contributed by atoms with Crippen molar-refractivity contribution in [1.82, 2.24) is 29.9 Å². The molecule has 0 saturated heterocycles. The maximum absolute atomic E-state index is 12.3. The summed E-state index contributed by atoms with van der Waals surface area (Å²) >= 11 is 1.46. The summed E-state index contributed by atoms with van der Waals surface area (Å²) in [4.78, 5) is 12.3. The number of thioether (sulfide) groups is 1. The molecule has 2 heterocycles. The van der Waals surface area contributed by atoms with Gasteiger partial charge in [0.2, 0.25) is 5.91 Å². The Kier molecular flexibility index (Phi) is 6.52. The van der Waals surface area contributed by atoms with Crippen LogP contribution in [0.3, 0.4) is 0 Å². The molecule has 0 unspecified atom stereocenters. The van der Waals surface area contributed by atoms with E-state index in [1.54, 1.807) is 0 Å². The van der Waals surface area contributed by atoms with Gasteiger partial charge in [-0.3, -0.25) is 9.48 Å². The van der Waals surface area contributed by atoms with Crippen LogP contribution in [0.5, 0.6) is 0 Å². The van der Waals surface area contributed by atoms with E-state index < -0.39 is 0 Å². The topological polar surface area (TPSA) is 77.6 Å². The molecule has 1 aliphatic rings. The highest BCUT2D eigenvalue weighted by atomic mass is 32.2. The Bertz CT molecular complexity index is 992. The minimum Gasteiger partial charge on any atom is -0.355 e. The standard InChI is InChI=1S/C22H28N6OS/c1-16-13-17(2)28(26-16)12-6-11-23-20(29)15-30-22-25-24-21(19-9-10-19)27(22)14-18-7-4-3-5-8-18/h3-5,7-8,13,19H,6,9-12,14-15H2,1-2H3,(H,23,29). The number of hydrogen-bond donors (Lipinski definition) is 1. The number of nitrogens with one attached hydrogen (secondary N) is 1. The molecule has 4 rings (SSSR count). The van der Waals surface area contributed by atoms with E-state index in [0.29, 0.717) is 18.2 Å². The van der Waals surface area contributed by atoms with E-state index in [1.165, 1.54) is 30.2 Å². The maximum atomic E-state index is 12.3. The largest absolute Gasteiger partial charge is 0.355 e. The molecular weight excluding hydrogens is 396 g/mol. The van der Waals surface area contributed by atoms with Crippen LogP contribution in [0, 0.1) is 13.8 Å². The Labute approximate surface area is 181 Å². The molecule has 1 fully saturated rings. The normalized spacial score (nSPS) is 13.5. The van der Waals surface area contributed by atoms with E-state index in [-0.39, 0.29) is 5.91 Å². The predicted molar refractivity (Wildman–Crippen MR) is 118 cm³/mol. The van der Waals surface area contributed by atoms with Gasteiger partial charge in [0.1, 0.15) is 5.82 Å². The first-order valence-corrected chi connectivity index (χ1v) is 11.5. The molecule has 1 amide bonds. The van der Waals surface area contributed by atoms with Crippen molar-refractivity contribution in [1.29, 1.82) is 0 Å². The van der Waals surface area contributed by atoms with Crippen molar-refractivity contribution >= 4 is 17.7 Å². The fourth-order valence-electron chi connectivity index (χ4n) is 3.50. The van der Waals surface area contributed by atoms with Crippen molar-refractivity contribution in [2.24, 2.45) is 0 Å². The van der Waals surface area contributed by atoms with E-state index >= 15 is 0 Å². The summed E-state index contributed by atoms with van der Waals surface area (Å²) in [6, 6.07) is 12.4. The van der Waals surface area contributed by atoms with Crippen LogP contribution in [-0.4, -0.2) is 42.7 Å². The first-order valence-electron chi connectivity index (χ1n) is 10.5. The highest BCUT2D eigenvalue weighted by molar-refractivity contribution is 7.99. The summed E-state index contributed by atoms with van der Waals surface area (Å²) in [5, 5.41) is 17.1. The SMILES string of the molecule is Cc1cc(C)n(CCCNC(=O)CSc2nnc(C3CC3)n2Cc2ccccc2)n1. The van der Waals surface area contributed by atoms with Crippen molar-refractivity contribution in [2.75, 3.05) is 12.3 Å². The Morgan fingerprint density at radius 2 is 2.00 bits per heavy atom. The van der Waals surface area contributed by atoms with Gasteiger partial charge in [-0.25, -0.2) is 0 Å². The van der Waals surface area contributed by atoms with Crippen LogP contribution in [0.1, 0.15) is 48.0 Å². The minimum atomic E-state index is 0.0237. The Hall–Kier alpha value is -2.61. The number of carbonyl (C=O) groups excluding carboxylic acids is 1. The van der Waals surface area contributed by atoms with E-state index in [4.69, 9.17) is 0 Å². The molecule has 158 valence electrons. The molecule has 1 saturated carbocycles. The molecule has 7 nitrogen and oxygen atoms in total. The molecule has 1 N–H and O–H groups in total. The lowest BCUT2D eigenvalue weighted by atomic mass is 10.2. The average molecular weight is 425 g/mol. The molecular formula is C22H28N6OS. The number of aromatic nitrogens is 5. The number of rotatable bonds is 10. The fraction of sp³-hybridized carbons (Fsp3) is 0.455. The van der Waals surface area contributed by atoms with Crippen LogP contribution < -0.4 is 5.32 Å². The van der Waals surface area contributed by atoms with Gasteiger partial charge in [0, 0.05) is 24.7 Å². The number of amides is 1. The molecule has 8 heteroatoms. The number of aryl methyl sites for hydroxylation is 3. The van der Waals surface area contributed by atoms with Crippen LogP contribution in [0.25, 0.3) is 0 Å². The third-order valence-corrected chi connectivity index (χ3v) is 6.14. The zero-order valence-corrected chi connectivity index (χ0v) is 18.4. The van der Waals surface area contributed by atoms with Crippen molar-refractivity contribution < 1.29 is 4.79 Å². The lowest BCUT2D eigenvalue weighted by Crippen LogP contribution is -2.27. The van der Waals surface area contributed by atoms with Crippen LogP contribution in [0.15, 0.2) is 41.6 Å². The van der Waals surface area contributed by atoms with Crippen molar-refractivity contribution in [3.63, 3.8) is 0 Å². The highest BCUT2D eigenvalue weighted by Gasteiger charge is 2.30. The van der Waals surface area contributed by atoms with Gasteiger partial charge in [0.25, 0.3) is 0 Å². The molecule has 1 aromatic carbocycles. The quantitative estimate of drug-likeness (QED) is 0.399. The molecule has 0 bridgehead atoms. The van der Waals surface area contributed by atoms with Crippen molar-refractivity contribution in [3.05, 3.63) is 59.2 Å². The van der Waals surface area contributed by atoms with Crippen LogP contribution in [0.4, 0.5) is 0 Å². The number of nitrogens with zero attached hydrogens (tertiary/aromatic N) is 5. The number of benzene rings is 1. The van der Waals surface area contributed by atoms with E-state index in [0.717, 1.165) is 41.9 Å². The second-order valence-electron chi connectivity index (χ2n) is 7.83. The predicted octanol–water partition coefficient (Wildman–Crippen LogP) is 3.32. The molecule has 2 aromatic heterocycles. The smallest absolute Gasteiger partial charge is 0.230 e. The Morgan fingerprint density at radius 3 is 2.70 bits per heavy atom. The fourth-order valence-corrected chi connectivity index (χ4v) is 4.28. The van der Waals surface area contributed by atoms with E-state index in [1.807, 2.05) is 29.8 Å². The Morgan fingerprint density at radius 1 is 1.20 bits per heavy atom. The van der Waals surface area contributed by atoms with Gasteiger partial charge in [0.05, 0.1) is 18.0 Å². The molecule has 0 atom stereocenters. The van der Waals surface area contributed by atoms with Crippen molar-refractivity contribution in [3.8, 4) is 0 Å². The third kappa shape index (κ3) is 5.30. The average Bonchev–Trinajstić information content (AvgIpc) is 3.43. The summed E-state index contributed by atoms with van der Waals surface area (Å²) in [6.45, 7) is 6.24. The van der Waals surface area contributed by atoms with Gasteiger partial charge in [0.15, 0.2) is 5.16 Å². The maximum Gasteiger partial charge on any atom is 0.230 e. The first kappa shape index (κ1) is 20.7.